The van der Waals surface area contributed by atoms with Crippen LogP contribution in [0.5, 0.6) is 0 Å². The molecule has 1 aromatic carbocycles. The molecule has 82 valence electrons. The van der Waals surface area contributed by atoms with Crippen molar-refractivity contribution >= 4 is 11.6 Å². The Bertz CT molecular complexity index is 450. The maximum absolute atomic E-state index is 10.6. The van der Waals surface area contributed by atoms with Crippen molar-refractivity contribution in [3.8, 4) is 11.8 Å². The Labute approximate surface area is 95.2 Å². The number of benzene rings is 1. The second-order valence-electron chi connectivity index (χ2n) is 3.86. The smallest absolute Gasteiger partial charge is 0.293 e. The van der Waals surface area contributed by atoms with Gasteiger partial charge in [0.25, 0.3) is 5.91 Å². The second-order valence-corrected chi connectivity index (χ2v) is 3.86. The van der Waals surface area contributed by atoms with Crippen LogP contribution in [0.1, 0.15) is 18.4 Å². The highest BCUT2D eigenvalue weighted by molar-refractivity contribution is 5.92. The van der Waals surface area contributed by atoms with Gasteiger partial charge in [-0.25, -0.2) is 0 Å². The van der Waals surface area contributed by atoms with Gasteiger partial charge in [0.05, 0.1) is 0 Å². The first-order valence-corrected chi connectivity index (χ1v) is 5.42. The fourth-order valence-corrected chi connectivity index (χ4v) is 1.89. The van der Waals surface area contributed by atoms with E-state index in [-0.39, 0.29) is 0 Å². The zero-order valence-corrected chi connectivity index (χ0v) is 9.07. The van der Waals surface area contributed by atoms with Crippen LogP contribution in [0.4, 0.5) is 5.69 Å². The third kappa shape index (κ3) is 2.54. The summed E-state index contributed by atoms with van der Waals surface area (Å²) >= 11 is 0. The molecule has 0 atom stereocenters. The molecule has 1 aromatic rings. The van der Waals surface area contributed by atoms with Gasteiger partial charge in [0, 0.05) is 24.3 Å². The summed E-state index contributed by atoms with van der Waals surface area (Å²) in [6.45, 7) is 2.21. The number of anilines is 1. The third-order valence-electron chi connectivity index (χ3n) is 2.65. The third-order valence-corrected chi connectivity index (χ3v) is 2.65. The van der Waals surface area contributed by atoms with Crippen LogP contribution >= 0.6 is 0 Å². The highest BCUT2D eigenvalue weighted by Crippen LogP contribution is 2.20. The predicted molar refractivity (Wildman–Crippen MR) is 64.0 cm³/mol. The van der Waals surface area contributed by atoms with Crippen molar-refractivity contribution in [2.75, 3.05) is 18.0 Å². The highest BCUT2D eigenvalue weighted by Gasteiger charge is 2.11. The van der Waals surface area contributed by atoms with E-state index in [0.717, 1.165) is 18.7 Å². The van der Waals surface area contributed by atoms with Gasteiger partial charge in [-0.15, -0.1) is 0 Å². The minimum Gasteiger partial charge on any atom is -0.371 e. The average Bonchev–Trinajstić information content (AvgIpc) is 2.80. The summed E-state index contributed by atoms with van der Waals surface area (Å²) in [4.78, 5) is 12.9. The molecule has 0 spiro atoms. The Kier molecular flexibility index (Phi) is 3.11. The molecule has 3 nitrogen and oxygen atoms in total. The number of amides is 1. The molecule has 2 rings (SSSR count). The van der Waals surface area contributed by atoms with Crippen LogP contribution in [0.3, 0.4) is 0 Å². The fraction of sp³-hybridized carbons (Fsp3) is 0.308. The van der Waals surface area contributed by atoms with E-state index >= 15 is 0 Å². The van der Waals surface area contributed by atoms with Gasteiger partial charge in [0.2, 0.25) is 0 Å². The molecule has 16 heavy (non-hydrogen) atoms. The van der Waals surface area contributed by atoms with Gasteiger partial charge >= 0.3 is 0 Å². The molecule has 1 aliphatic rings. The van der Waals surface area contributed by atoms with Crippen LogP contribution < -0.4 is 10.6 Å². The largest absolute Gasteiger partial charge is 0.371 e. The number of carbonyl (C=O) groups is 1. The van der Waals surface area contributed by atoms with Crippen molar-refractivity contribution in [1.82, 2.24) is 0 Å². The predicted octanol–water partition coefficient (Wildman–Crippen LogP) is 1.12. The van der Waals surface area contributed by atoms with E-state index in [1.807, 2.05) is 18.2 Å². The SMILES string of the molecule is NC(=O)C#Cc1cccc(N2CCCC2)c1. The number of rotatable bonds is 1. The minimum atomic E-state index is -0.591. The van der Waals surface area contributed by atoms with Gasteiger partial charge in [0.1, 0.15) is 0 Å². The summed E-state index contributed by atoms with van der Waals surface area (Å²) in [7, 11) is 0. The topological polar surface area (TPSA) is 46.3 Å². The van der Waals surface area contributed by atoms with Gasteiger partial charge in [-0.05, 0) is 37.0 Å². The molecule has 1 fully saturated rings. The first kappa shape index (κ1) is 10.6. The molecular weight excluding hydrogens is 200 g/mol. The zero-order chi connectivity index (χ0) is 11.4. The van der Waals surface area contributed by atoms with Gasteiger partial charge in [-0.3, -0.25) is 4.79 Å². The molecule has 1 amide bonds. The monoisotopic (exact) mass is 214 g/mol. The van der Waals surface area contributed by atoms with Crippen molar-refractivity contribution in [3.63, 3.8) is 0 Å². The Morgan fingerprint density at radius 3 is 2.75 bits per heavy atom. The van der Waals surface area contributed by atoms with Crippen LogP contribution in [-0.4, -0.2) is 19.0 Å². The van der Waals surface area contributed by atoms with E-state index in [1.165, 1.54) is 18.5 Å². The summed E-state index contributed by atoms with van der Waals surface area (Å²) in [5, 5.41) is 0. The molecule has 0 unspecified atom stereocenters. The number of hydrogen-bond donors (Lipinski definition) is 1. The lowest BCUT2D eigenvalue weighted by Crippen LogP contribution is -2.17. The highest BCUT2D eigenvalue weighted by atomic mass is 16.1. The van der Waals surface area contributed by atoms with Gasteiger partial charge in [-0.2, -0.15) is 0 Å². The molecule has 0 aliphatic carbocycles. The number of carbonyl (C=O) groups excluding carboxylic acids is 1. The minimum absolute atomic E-state index is 0.591. The van der Waals surface area contributed by atoms with Crippen molar-refractivity contribution in [2.45, 2.75) is 12.8 Å². The van der Waals surface area contributed by atoms with E-state index in [4.69, 9.17) is 5.73 Å². The van der Waals surface area contributed by atoms with Crippen LogP contribution in [-0.2, 0) is 4.79 Å². The lowest BCUT2D eigenvalue weighted by Gasteiger charge is -2.17. The first-order chi connectivity index (χ1) is 7.75. The number of nitrogens with two attached hydrogens (primary N) is 1. The van der Waals surface area contributed by atoms with Crippen molar-refractivity contribution in [1.29, 1.82) is 0 Å². The van der Waals surface area contributed by atoms with Crippen LogP contribution in [0.25, 0.3) is 0 Å². The normalized spacial score (nSPS) is 14.4. The van der Waals surface area contributed by atoms with E-state index in [2.05, 4.69) is 22.8 Å². The van der Waals surface area contributed by atoms with Crippen LogP contribution in [0.15, 0.2) is 24.3 Å². The summed E-state index contributed by atoms with van der Waals surface area (Å²) in [6.07, 6.45) is 2.49. The van der Waals surface area contributed by atoms with E-state index < -0.39 is 5.91 Å². The molecule has 0 radical (unpaired) electrons. The summed E-state index contributed by atoms with van der Waals surface area (Å²) in [5.74, 6) is 4.52. The molecule has 2 N–H and O–H groups in total. The maximum Gasteiger partial charge on any atom is 0.293 e. The Hall–Kier alpha value is -1.95. The molecule has 1 saturated heterocycles. The second kappa shape index (κ2) is 4.71. The van der Waals surface area contributed by atoms with E-state index in [9.17, 15) is 4.79 Å². The molecule has 1 aliphatic heterocycles. The standard InChI is InChI=1S/C13H14N2O/c14-13(16)7-6-11-4-3-5-12(10-11)15-8-1-2-9-15/h3-5,10H,1-2,8-9H2,(H2,14,16). The first-order valence-electron chi connectivity index (χ1n) is 5.42. The van der Waals surface area contributed by atoms with E-state index in [1.54, 1.807) is 0 Å². The molecule has 0 aromatic heterocycles. The summed E-state index contributed by atoms with van der Waals surface area (Å²) in [6, 6.07) is 7.91. The van der Waals surface area contributed by atoms with Gasteiger partial charge in [-0.1, -0.05) is 12.0 Å². The van der Waals surface area contributed by atoms with Crippen molar-refractivity contribution in [3.05, 3.63) is 29.8 Å². The Morgan fingerprint density at radius 2 is 2.06 bits per heavy atom. The van der Waals surface area contributed by atoms with E-state index in [0.29, 0.717) is 0 Å². The molecule has 0 saturated carbocycles. The molecule has 1 heterocycles. The van der Waals surface area contributed by atoms with Gasteiger partial charge < -0.3 is 10.6 Å². The lowest BCUT2D eigenvalue weighted by atomic mass is 10.2. The zero-order valence-electron chi connectivity index (χ0n) is 9.07. The van der Waals surface area contributed by atoms with Crippen LogP contribution in [0, 0.1) is 11.8 Å². The Morgan fingerprint density at radius 1 is 1.31 bits per heavy atom. The summed E-state index contributed by atoms with van der Waals surface area (Å²) < 4.78 is 0. The fourth-order valence-electron chi connectivity index (χ4n) is 1.89. The average molecular weight is 214 g/mol. The molecular formula is C13H14N2O. The quantitative estimate of drug-likeness (QED) is 0.712. The van der Waals surface area contributed by atoms with Crippen molar-refractivity contribution < 1.29 is 4.79 Å². The van der Waals surface area contributed by atoms with Crippen molar-refractivity contribution in [2.24, 2.45) is 5.73 Å². The number of primary amides is 1. The molecule has 0 bridgehead atoms. The number of nitrogens with zero attached hydrogens (tertiary/aromatic N) is 1. The lowest BCUT2D eigenvalue weighted by molar-refractivity contribution is -0.112. The Balaban J connectivity index is 2.20. The van der Waals surface area contributed by atoms with Crippen LogP contribution in [0.2, 0.25) is 0 Å². The maximum atomic E-state index is 10.6. The summed E-state index contributed by atoms with van der Waals surface area (Å²) in [5.41, 5.74) is 6.99. The van der Waals surface area contributed by atoms with Gasteiger partial charge in [0.15, 0.2) is 0 Å². The number of hydrogen-bond acceptors (Lipinski definition) is 2. The molecule has 3 heteroatoms.